The second-order valence-electron chi connectivity index (χ2n) is 3.54. The average molecular weight is 289 g/mol. The topological polar surface area (TPSA) is 38.7 Å². The molecule has 0 fully saturated rings. The Hall–Kier alpha value is -0.740. The molecule has 16 heavy (non-hydrogen) atoms. The van der Waals surface area contributed by atoms with Crippen LogP contribution in [0.3, 0.4) is 0 Å². The molecule has 0 unspecified atom stereocenters. The van der Waals surface area contributed by atoms with Crippen molar-refractivity contribution in [1.82, 2.24) is 0 Å². The summed E-state index contributed by atoms with van der Waals surface area (Å²) < 4.78 is 11.5. The molecular formula is C12H17BrO3. The Labute approximate surface area is 105 Å². The molecule has 0 aliphatic rings. The summed E-state index contributed by atoms with van der Waals surface area (Å²) in [6.07, 6.45) is 1.59. The molecular weight excluding hydrogens is 272 g/mol. The molecule has 0 amide bonds. The van der Waals surface area contributed by atoms with Crippen molar-refractivity contribution in [3.05, 3.63) is 21.7 Å². The highest BCUT2D eigenvalue weighted by atomic mass is 79.9. The van der Waals surface area contributed by atoms with E-state index in [9.17, 15) is 0 Å². The van der Waals surface area contributed by atoms with Crippen molar-refractivity contribution in [2.45, 2.75) is 19.8 Å². The number of benzene rings is 1. The zero-order valence-corrected chi connectivity index (χ0v) is 11.4. The van der Waals surface area contributed by atoms with Gasteiger partial charge in [0.15, 0.2) is 11.5 Å². The van der Waals surface area contributed by atoms with Gasteiger partial charge in [-0.25, -0.2) is 0 Å². The molecule has 4 heteroatoms. The third-order valence-corrected chi connectivity index (χ3v) is 3.15. The maximum atomic E-state index is 8.85. The maximum absolute atomic E-state index is 8.85. The Kier molecular flexibility index (Phi) is 5.09. The van der Waals surface area contributed by atoms with Gasteiger partial charge < -0.3 is 14.6 Å². The molecule has 1 aromatic rings. The van der Waals surface area contributed by atoms with E-state index >= 15 is 0 Å². The van der Waals surface area contributed by atoms with Crippen LogP contribution in [0.15, 0.2) is 10.5 Å². The highest BCUT2D eigenvalue weighted by Gasteiger charge is 2.15. The number of ether oxygens (including phenoxy) is 2. The van der Waals surface area contributed by atoms with Crippen molar-refractivity contribution in [3.8, 4) is 11.5 Å². The van der Waals surface area contributed by atoms with Gasteiger partial charge >= 0.3 is 0 Å². The van der Waals surface area contributed by atoms with E-state index in [1.807, 2.05) is 13.0 Å². The van der Waals surface area contributed by atoms with Gasteiger partial charge in [0.05, 0.1) is 18.7 Å². The van der Waals surface area contributed by atoms with E-state index in [0.717, 1.165) is 28.6 Å². The van der Waals surface area contributed by atoms with E-state index in [4.69, 9.17) is 14.6 Å². The third kappa shape index (κ3) is 2.68. The number of halogens is 1. The summed E-state index contributed by atoms with van der Waals surface area (Å²) in [6, 6.07) is 2.02. The SMILES string of the molecule is COc1c(Br)cc(CCCO)c(C)c1OC. The fourth-order valence-corrected chi connectivity index (χ4v) is 2.33. The molecule has 0 heterocycles. The van der Waals surface area contributed by atoms with Crippen LogP contribution in [-0.2, 0) is 6.42 Å². The monoisotopic (exact) mass is 288 g/mol. The summed E-state index contributed by atoms with van der Waals surface area (Å²) in [5, 5.41) is 8.85. The van der Waals surface area contributed by atoms with Crippen molar-refractivity contribution in [3.63, 3.8) is 0 Å². The van der Waals surface area contributed by atoms with Gasteiger partial charge in [0.2, 0.25) is 0 Å². The van der Waals surface area contributed by atoms with E-state index in [0.29, 0.717) is 5.75 Å². The van der Waals surface area contributed by atoms with Crippen LogP contribution < -0.4 is 9.47 Å². The van der Waals surface area contributed by atoms with Crippen molar-refractivity contribution < 1.29 is 14.6 Å². The smallest absolute Gasteiger partial charge is 0.175 e. The first-order valence-electron chi connectivity index (χ1n) is 5.16. The van der Waals surface area contributed by atoms with Crippen LogP contribution in [0.2, 0.25) is 0 Å². The van der Waals surface area contributed by atoms with Crippen LogP contribution in [0.5, 0.6) is 11.5 Å². The lowest BCUT2D eigenvalue weighted by Gasteiger charge is -2.15. The summed E-state index contributed by atoms with van der Waals surface area (Å²) >= 11 is 3.46. The summed E-state index contributed by atoms with van der Waals surface area (Å²) in [5.74, 6) is 1.47. The molecule has 1 N–H and O–H groups in total. The number of aliphatic hydroxyl groups excluding tert-OH is 1. The first-order chi connectivity index (χ1) is 7.65. The first kappa shape index (κ1) is 13.3. The largest absolute Gasteiger partial charge is 0.493 e. The maximum Gasteiger partial charge on any atom is 0.175 e. The summed E-state index contributed by atoms with van der Waals surface area (Å²) in [6.45, 7) is 2.20. The highest BCUT2D eigenvalue weighted by Crippen LogP contribution is 2.40. The summed E-state index contributed by atoms with van der Waals surface area (Å²) in [7, 11) is 3.25. The lowest BCUT2D eigenvalue weighted by Crippen LogP contribution is -2.00. The first-order valence-corrected chi connectivity index (χ1v) is 5.95. The second kappa shape index (κ2) is 6.11. The Morgan fingerprint density at radius 2 is 1.88 bits per heavy atom. The van der Waals surface area contributed by atoms with Gasteiger partial charge in [-0.2, -0.15) is 0 Å². The predicted molar refractivity (Wildman–Crippen MR) is 67.4 cm³/mol. The number of hydrogen-bond donors (Lipinski definition) is 1. The number of rotatable bonds is 5. The van der Waals surface area contributed by atoms with Crippen molar-refractivity contribution in [2.75, 3.05) is 20.8 Å². The fourth-order valence-electron chi connectivity index (χ4n) is 1.72. The summed E-state index contributed by atoms with van der Waals surface area (Å²) in [5.41, 5.74) is 2.23. The number of aliphatic hydroxyl groups is 1. The zero-order chi connectivity index (χ0) is 12.1. The lowest BCUT2D eigenvalue weighted by atomic mass is 10.0. The molecule has 0 radical (unpaired) electrons. The second-order valence-corrected chi connectivity index (χ2v) is 4.39. The minimum absolute atomic E-state index is 0.200. The molecule has 0 saturated carbocycles. The number of aryl methyl sites for hydroxylation is 1. The van der Waals surface area contributed by atoms with Crippen molar-refractivity contribution in [2.24, 2.45) is 0 Å². The zero-order valence-electron chi connectivity index (χ0n) is 9.84. The van der Waals surface area contributed by atoms with Crippen LogP contribution in [0, 0.1) is 6.92 Å². The van der Waals surface area contributed by atoms with Gasteiger partial charge in [-0.05, 0) is 52.9 Å². The van der Waals surface area contributed by atoms with Crippen molar-refractivity contribution >= 4 is 15.9 Å². The Balaban J connectivity index is 3.17. The van der Waals surface area contributed by atoms with E-state index in [1.54, 1.807) is 14.2 Å². The number of hydrogen-bond acceptors (Lipinski definition) is 3. The normalized spacial score (nSPS) is 10.3. The van der Waals surface area contributed by atoms with Crippen LogP contribution >= 0.6 is 15.9 Å². The number of methoxy groups -OCH3 is 2. The van der Waals surface area contributed by atoms with E-state index in [2.05, 4.69) is 15.9 Å². The van der Waals surface area contributed by atoms with Gasteiger partial charge in [0.25, 0.3) is 0 Å². The molecule has 0 aromatic heterocycles. The molecule has 1 aromatic carbocycles. The van der Waals surface area contributed by atoms with Crippen LogP contribution in [0.4, 0.5) is 0 Å². The van der Waals surface area contributed by atoms with Gasteiger partial charge in [-0.15, -0.1) is 0 Å². The molecule has 90 valence electrons. The van der Waals surface area contributed by atoms with Gasteiger partial charge in [-0.1, -0.05) is 0 Å². The highest BCUT2D eigenvalue weighted by molar-refractivity contribution is 9.10. The van der Waals surface area contributed by atoms with Gasteiger partial charge in [-0.3, -0.25) is 0 Å². The molecule has 0 spiro atoms. The van der Waals surface area contributed by atoms with E-state index in [1.165, 1.54) is 5.56 Å². The van der Waals surface area contributed by atoms with Gasteiger partial charge in [0, 0.05) is 6.61 Å². The molecule has 0 aliphatic carbocycles. The molecule has 0 aliphatic heterocycles. The Bertz CT molecular complexity index is 364. The average Bonchev–Trinajstić information content (AvgIpc) is 2.29. The minimum Gasteiger partial charge on any atom is -0.493 e. The molecule has 0 saturated heterocycles. The Morgan fingerprint density at radius 3 is 2.38 bits per heavy atom. The summed E-state index contributed by atoms with van der Waals surface area (Å²) in [4.78, 5) is 0. The lowest BCUT2D eigenvalue weighted by molar-refractivity contribution is 0.288. The minimum atomic E-state index is 0.200. The van der Waals surface area contributed by atoms with Crippen LogP contribution in [-0.4, -0.2) is 25.9 Å². The van der Waals surface area contributed by atoms with Crippen molar-refractivity contribution in [1.29, 1.82) is 0 Å². The molecule has 3 nitrogen and oxygen atoms in total. The van der Waals surface area contributed by atoms with Crippen LogP contribution in [0.1, 0.15) is 17.5 Å². The quantitative estimate of drug-likeness (QED) is 0.905. The molecule has 1 rings (SSSR count). The molecule has 0 atom stereocenters. The van der Waals surface area contributed by atoms with Gasteiger partial charge in [0.1, 0.15) is 0 Å². The standard InChI is InChI=1S/C12H17BrO3/c1-8-9(5-4-6-14)7-10(13)12(16-3)11(8)15-2/h7,14H,4-6H2,1-3H3. The van der Waals surface area contributed by atoms with E-state index < -0.39 is 0 Å². The van der Waals surface area contributed by atoms with E-state index in [-0.39, 0.29) is 6.61 Å². The fraction of sp³-hybridized carbons (Fsp3) is 0.500. The predicted octanol–water partition coefficient (Wildman–Crippen LogP) is 2.70. The molecule has 0 bridgehead atoms. The van der Waals surface area contributed by atoms with Crippen LogP contribution in [0.25, 0.3) is 0 Å². The third-order valence-electron chi connectivity index (χ3n) is 2.56. The Morgan fingerprint density at radius 1 is 1.25 bits per heavy atom.